The van der Waals surface area contributed by atoms with Crippen molar-refractivity contribution in [3.63, 3.8) is 0 Å². The van der Waals surface area contributed by atoms with E-state index < -0.39 is 21.7 Å². The second kappa shape index (κ2) is 6.44. The Balaban J connectivity index is 2.45. The lowest BCUT2D eigenvalue weighted by molar-refractivity contribution is 0.288. The average molecular weight is 344 g/mol. The Hall–Kier alpha value is -0.730. The fraction of sp³-hybridized carbons (Fsp3) is 0.400. The number of unbranched alkanes of at least 4 members (excludes halogenated alkanes) is 1. The van der Waals surface area contributed by atoms with Gasteiger partial charge >= 0.3 is 0 Å². The molecule has 0 aliphatic heterocycles. The minimum atomic E-state index is -3.49. The van der Waals surface area contributed by atoms with Crippen molar-refractivity contribution < 1.29 is 21.9 Å². The Labute approximate surface area is 112 Å². The normalized spacial score (nSPS) is 11.6. The summed E-state index contributed by atoms with van der Waals surface area (Å²) in [5, 5.41) is 4.81. The second-order valence-corrected chi connectivity index (χ2v) is 6.27. The predicted molar refractivity (Wildman–Crippen MR) is 66.8 cm³/mol. The highest BCUT2D eigenvalue weighted by atomic mass is 79.9. The SMILES string of the molecule is NS(=O)(=O)CCCCOc1cc(Br)cc(F)c1F. The molecule has 0 spiro atoms. The maximum Gasteiger partial charge on any atom is 0.209 e. The van der Waals surface area contributed by atoms with E-state index in [0.717, 1.165) is 6.07 Å². The van der Waals surface area contributed by atoms with Crippen LogP contribution in [0, 0.1) is 11.6 Å². The third-order valence-corrected chi connectivity index (χ3v) is 3.36. The molecular weight excluding hydrogens is 332 g/mol. The summed E-state index contributed by atoms with van der Waals surface area (Å²) in [6.07, 6.45) is 0.681. The van der Waals surface area contributed by atoms with E-state index in [1.807, 2.05) is 0 Å². The molecule has 0 atom stereocenters. The van der Waals surface area contributed by atoms with Crippen LogP contribution in [0.2, 0.25) is 0 Å². The molecule has 0 radical (unpaired) electrons. The summed E-state index contributed by atoms with van der Waals surface area (Å²) in [6.45, 7) is 0.0856. The number of rotatable bonds is 6. The topological polar surface area (TPSA) is 69.4 Å². The minimum Gasteiger partial charge on any atom is -0.490 e. The maximum absolute atomic E-state index is 13.2. The standard InChI is InChI=1S/C10H12BrF2NO3S/c11-7-5-8(12)10(13)9(6-7)17-3-1-2-4-18(14,15)16/h5-6H,1-4H2,(H2,14,15,16). The third-order valence-electron chi connectivity index (χ3n) is 2.04. The molecule has 4 nitrogen and oxygen atoms in total. The Kier molecular flexibility index (Phi) is 5.48. The second-order valence-electron chi connectivity index (χ2n) is 3.62. The van der Waals surface area contributed by atoms with Gasteiger partial charge in [-0.1, -0.05) is 15.9 Å². The molecule has 0 saturated heterocycles. The molecule has 0 amide bonds. The first kappa shape index (κ1) is 15.3. The van der Waals surface area contributed by atoms with E-state index in [9.17, 15) is 17.2 Å². The van der Waals surface area contributed by atoms with Crippen molar-refractivity contribution >= 4 is 26.0 Å². The smallest absolute Gasteiger partial charge is 0.209 e. The first-order valence-electron chi connectivity index (χ1n) is 5.07. The van der Waals surface area contributed by atoms with Gasteiger partial charge in [-0.05, 0) is 25.0 Å². The van der Waals surface area contributed by atoms with Crippen LogP contribution in [-0.2, 0) is 10.0 Å². The molecule has 102 valence electrons. The van der Waals surface area contributed by atoms with E-state index >= 15 is 0 Å². The van der Waals surface area contributed by atoms with E-state index in [1.165, 1.54) is 6.07 Å². The van der Waals surface area contributed by atoms with E-state index in [0.29, 0.717) is 17.3 Å². The summed E-state index contributed by atoms with van der Waals surface area (Å²) in [7, 11) is -3.49. The van der Waals surface area contributed by atoms with Gasteiger partial charge in [-0.15, -0.1) is 0 Å². The number of hydrogen-bond acceptors (Lipinski definition) is 3. The highest BCUT2D eigenvalue weighted by Crippen LogP contribution is 2.25. The van der Waals surface area contributed by atoms with Gasteiger partial charge in [0, 0.05) is 4.47 Å². The summed E-state index contributed by atoms with van der Waals surface area (Å²) in [6, 6.07) is 2.29. The Morgan fingerprint density at radius 1 is 1.28 bits per heavy atom. The fourth-order valence-corrected chi connectivity index (χ4v) is 2.24. The molecule has 1 aromatic carbocycles. The van der Waals surface area contributed by atoms with Gasteiger partial charge in [0.1, 0.15) is 0 Å². The molecule has 0 heterocycles. The largest absolute Gasteiger partial charge is 0.490 e. The zero-order chi connectivity index (χ0) is 13.8. The van der Waals surface area contributed by atoms with Crippen LogP contribution in [0.25, 0.3) is 0 Å². The quantitative estimate of drug-likeness (QED) is 0.635. The van der Waals surface area contributed by atoms with E-state index in [4.69, 9.17) is 9.88 Å². The van der Waals surface area contributed by atoms with E-state index in [1.54, 1.807) is 0 Å². The van der Waals surface area contributed by atoms with Crippen molar-refractivity contribution in [1.82, 2.24) is 0 Å². The van der Waals surface area contributed by atoms with Crippen LogP contribution in [0.4, 0.5) is 8.78 Å². The molecule has 2 N–H and O–H groups in total. The minimum absolute atomic E-state index is 0.0856. The zero-order valence-electron chi connectivity index (χ0n) is 9.33. The molecule has 0 bridgehead atoms. The molecule has 8 heteroatoms. The molecule has 0 unspecified atom stereocenters. The number of ether oxygens (including phenoxy) is 1. The van der Waals surface area contributed by atoms with Crippen molar-refractivity contribution in [2.75, 3.05) is 12.4 Å². The molecule has 18 heavy (non-hydrogen) atoms. The van der Waals surface area contributed by atoms with Crippen LogP contribution < -0.4 is 9.88 Å². The lowest BCUT2D eigenvalue weighted by Gasteiger charge is -2.08. The van der Waals surface area contributed by atoms with Crippen LogP contribution in [0.3, 0.4) is 0 Å². The van der Waals surface area contributed by atoms with Crippen LogP contribution in [0.15, 0.2) is 16.6 Å². The molecule has 1 rings (SSSR count). The average Bonchev–Trinajstić information content (AvgIpc) is 2.22. The monoisotopic (exact) mass is 343 g/mol. The molecule has 0 aliphatic rings. The van der Waals surface area contributed by atoms with Gasteiger partial charge in [0.2, 0.25) is 15.8 Å². The van der Waals surface area contributed by atoms with Crippen molar-refractivity contribution in [3.05, 3.63) is 28.2 Å². The molecule has 0 aliphatic carbocycles. The highest BCUT2D eigenvalue weighted by molar-refractivity contribution is 9.10. The molecule has 0 aromatic heterocycles. The van der Waals surface area contributed by atoms with Crippen LogP contribution in [0.5, 0.6) is 5.75 Å². The summed E-state index contributed by atoms with van der Waals surface area (Å²) < 4.78 is 52.9. The number of nitrogens with two attached hydrogens (primary N) is 1. The van der Waals surface area contributed by atoms with Gasteiger partial charge in [-0.25, -0.2) is 17.9 Å². The van der Waals surface area contributed by atoms with Crippen molar-refractivity contribution in [2.45, 2.75) is 12.8 Å². The van der Waals surface area contributed by atoms with E-state index in [2.05, 4.69) is 15.9 Å². The third kappa shape index (κ3) is 5.28. The van der Waals surface area contributed by atoms with Gasteiger partial charge in [-0.2, -0.15) is 4.39 Å². The first-order chi connectivity index (χ1) is 8.29. The Bertz CT molecular complexity index is 522. The highest BCUT2D eigenvalue weighted by Gasteiger charge is 2.11. The van der Waals surface area contributed by atoms with Crippen molar-refractivity contribution in [1.29, 1.82) is 0 Å². The van der Waals surface area contributed by atoms with Gasteiger partial charge < -0.3 is 4.74 Å². The van der Waals surface area contributed by atoms with Gasteiger partial charge in [-0.3, -0.25) is 0 Å². The maximum atomic E-state index is 13.2. The Morgan fingerprint density at radius 3 is 2.56 bits per heavy atom. The van der Waals surface area contributed by atoms with E-state index in [-0.39, 0.29) is 18.1 Å². The number of halogens is 3. The number of primary sulfonamides is 1. The summed E-state index contributed by atoms with van der Waals surface area (Å²) >= 11 is 3.01. The van der Waals surface area contributed by atoms with Gasteiger partial charge in [0.05, 0.1) is 12.4 Å². The summed E-state index contributed by atoms with van der Waals surface area (Å²) in [4.78, 5) is 0. The lowest BCUT2D eigenvalue weighted by atomic mass is 10.3. The van der Waals surface area contributed by atoms with Gasteiger partial charge in [0.15, 0.2) is 11.6 Å². The van der Waals surface area contributed by atoms with Crippen molar-refractivity contribution in [3.8, 4) is 5.75 Å². The lowest BCUT2D eigenvalue weighted by Crippen LogP contribution is -2.16. The van der Waals surface area contributed by atoms with Crippen molar-refractivity contribution in [2.24, 2.45) is 5.14 Å². The number of benzene rings is 1. The molecule has 0 saturated carbocycles. The molecular formula is C10H12BrF2NO3S. The van der Waals surface area contributed by atoms with Crippen LogP contribution in [0.1, 0.15) is 12.8 Å². The summed E-state index contributed by atoms with van der Waals surface area (Å²) in [5.74, 6) is -2.45. The first-order valence-corrected chi connectivity index (χ1v) is 7.58. The van der Waals surface area contributed by atoms with Gasteiger partial charge in [0.25, 0.3) is 0 Å². The van der Waals surface area contributed by atoms with Crippen LogP contribution >= 0.6 is 15.9 Å². The zero-order valence-corrected chi connectivity index (χ0v) is 11.7. The number of hydrogen-bond donors (Lipinski definition) is 1. The number of sulfonamides is 1. The van der Waals surface area contributed by atoms with Crippen LogP contribution in [-0.4, -0.2) is 20.8 Å². The summed E-state index contributed by atoms with van der Waals surface area (Å²) in [5.41, 5.74) is 0. The predicted octanol–water partition coefficient (Wildman–Crippen LogP) is 2.17. The fourth-order valence-electron chi connectivity index (χ4n) is 1.22. The Morgan fingerprint density at radius 2 is 1.94 bits per heavy atom. The molecule has 1 aromatic rings. The molecule has 0 fully saturated rings.